The molecule has 0 radical (unpaired) electrons. The summed E-state index contributed by atoms with van der Waals surface area (Å²) < 4.78 is 12.1. The molecule has 8 heteroatoms. The molecule has 1 aliphatic heterocycles. The summed E-state index contributed by atoms with van der Waals surface area (Å²) in [6.45, 7) is 1.43. The second-order valence-corrected chi connectivity index (χ2v) is 5.15. The van der Waals surface area contributed by atoms with Crippen molar-refractivity contribution < 1.29 is 9.13 Å². The smallest absolute Gasteiger partial charge is 0.303 e. The predicted octanol–water partition coefficient (Wildman–Crippen LogP) is 0.881. The van der Waals surface area contributed by atoms with Crippen molar-refractivity contribution >= 4 is 28.9 Å². The molecule has 0 saturated carbocycles. The number of pyridine rings is 1. The largest absolute Gasteiger partial charge is 0.315 e. The molecular formula is C9H12ClN3O3S. The van der Waals surface area contributed by atoms with E-state index in [1.807, 2.05) is 0 Å². The van der Waals surface area contributed by atoms with Crippen molar-refractivity contribution in [1.82, 2.24) is 10.3 Å². The molecule has 2 atom stereocenters. The van der Waals surface area contributed by atoms with Crippen LogP contribution in [0.25, 0.3) is 0 Å². The first-order chi connectivity index (χ1) is 7.70. The molecule has 0 aromatic carbocycles. The summed E-state index contributed by atoms with van der Waals surface area (Å²) in [5.41, 5.74) is -0.160. The first kappa shape index (κ1) is 14.0. The molecular weight excluding hydrogens is 266 g/mol. The lowest BCUT2D eigenvalue weighted by Gasteiger charge is -2.07. The molecule has 2 rings (SSSR count). The van der Waals surface area contributed by atoms with Gasteiger partial charge >= 0.3 is 5.69 Å². The van der Waals surface area contributed by atoms with Gasteiger partial charge in [-0.15, -0.1) is 12.4 Å². The zero-order valence-corrected chi connectivity index (χ0v) is 10.5. The van der Waals surface area contributed by atoms with Crippen LogP contribution in [0.2, 0.25) is 0 Å². The Balaban J connectivity index is 0.00000144. The Bertz CT molecular complexity index is 437. The molecule has 2 heterocycles. The maximum absolute atomic E-state index is 12.1. The van der Waals surface area contributed by atoms with Gasteiger partial charge in [-0.3, -0.25) is 14.3 Å². The average Bonchev–Trinajstić information content (AvgIpc) is 2.81. The van der Waals surface area contributed by atoms with Crippen LogP contribution in [0.1, 0.15) is 6.42 Å². The Morgan fingerprint density at radius 1 is 1.59 bits per heavy atom. The Morgan fingerprint density at radius 3 is 2.94 bits per heavy atom. The fraction of sp³-hybridized carbons (Fsp3) is 0.444. The lowest BCUT2D eigenvalue weighted by atomic mass is 10.4. The Hall–Kier alpha value is -1.05. The molecule has 94 valence electrons. The van der Waals surface area contributed by atoms with Gasteiger partial charge in [0.1, 0.15) is 0 Å². The monoisotopic (exact) mass is 277 g/mol. The molecule has 1 saturated heterocycles. The normalized spacial score (nSPS) is 20.6. The van der Waals surface area contributed by atoms with E-state index in [0.29, 0.717) is 6.54 Å². The summed E-state index contributed by atoms with van der Waals surface area (Å²) in [6.07, 6.45) is 2.20. The quantitative estimate of drug-likeness (QED) is 0.655. The van der Waals surface area contributed by atoms with E-state index in [1.165, 1.54) is 18.3 Å². The van der Waals surface area contributed by atoms with Crippen LogP contribution in [-0.4, -0.2) is 32.5 Å². The minimum absolute atomic E-state index is 0. The van der Waals surface area contributed by atoms with Crippen molar-refractivity contribution in [3.05, 3.63) is 28.4 Å². The van der Waals surface area contributed by atoms with E-state index in [0.717, 1.165) is 13.0 Å². The lowest BCUT2D eigenvalue weighted by Crippen LogP contribution is -2.20. The fourth-order valence-corrected chi connectivity index (χ4v) is 3.08. The highest BCUT2D eigenvalue weighted by atomic mass is 35.5. The highest BCUT2D eigenvalue weighted by molar-refractivity contribution is 7.85. The van der Waals surface area contributed by atoms with Gasteiger partial charge in [-0.2, -0.15) is 0 Å². The number of nitrogens with zero attached hydrogens (tertiary/aromatic N) is 2. The van der Waals surface area contributed by atoms with Gasteiger partial charge in [0.05, 0.1) is 21.0 Å². The average molecular weight is 278 g/mol. The van der Waals surface area contributed by atoms with E-state index in [4.69, 9.17) is 0 Å². The number of hydrogen-bond acceptors (Lipinski definition) is 5. The second kappa shape index (κ2) is 6.04. The van der Waals surface area contributed by atoms with Gasteiger partial charge in [0.15, 0.2) is 0 Å². The zero-order valence-electron chi connectivity index (χ0n) is 8.87. The third kappa shape index (κ3) is 2.99. The Morgan fingerprint density at radius 2 is 2.35 bits per heavy atom. The van der Waals surface area contributed by atoms with Crippen LogP contribution in [0.4, 0.5) is 5.69 Å². The topological polar surface area (TPSA) is 85.1 Å². The molecule has 6 nitrogen and oxygen atoms in total. The highest BCUT2D eigenvalue weighted by Gasteiger charge is 2.28. The number of nitro groups is 1. The van der Waals surface area contributed by atoms with Crippen LogP contribution >= 0.6 is 12.4 Å². The van der Waals surface area contributed by atoms with E-state index in [1.54, 1.807) is 0 Å². The van der Waals surface area contributed by atoms with Crippen LogP contribution in [0.15, 0.2) is 23.4 Å². The maximum atomic E-state index is 12.1. The standard InChI is InChI=1S/C9H11N3O3S.ClH/c13-12(14)8-2-1-4-11-9(8)16(15)7-3-5-10-6-7;/h1-2,4,7,10H,3,5-6H2;1H/t7-,16?;/m0./s1. The number of nitrogens with one attached hydrogen (secondary N) is 1. The molecule has 0 bridgehead atoms. The van der Waals surface area contributed by atoms with Crippen LogP contribution in [0.3, 0.4) is 0 Å². The van der Waals surface area contributed by atoms with Gasteiger partial charge in [0, 0.05) is 18.8 Å². The SMILES string of the molecule is Cl.O=[N+]([O-])c1cccnc1S(=O)[C@H]1CCNC1. The van der Waals surface area contributed by atoms with Crippen LogP contribution in [0.5, 0.6) is 0 Å². The van der Waals surface area contributed by atoms with Crippen molar-refractivity contribution in [2.24, 2.45) is 0 Å². The van der Waals surface area contributed by atoms with Crippen molar-refractivity contribution in [2.45, 2.75) is 16.7 Å². The first-order valence-electron chi connectivity index (χ1n) is 4.91. The molecule has 1 unspecified atom stereocenters. The first-order valence-corrected chi connectivity index (χ1v) is 6.12. The van der Waals surface area contributed by atoms with Crippen LogP contribution in [0, 0.1) is 10.1 Å². The molecule has 1 aromatic heterocycles. The molecule has 1 aliphatic rings. The number of hydrogen-bond donors (Lipinski definition) is 1. The van der Waals surface area contributed by atoms with Gasteiger partial charge in [-0.25, -0.2) is 4.98 Å². The van der Waals surface area contributed by atoms with E-state index in [2.05, 4.69) is 10.3 Å². The van der Waals surface area contributed by atoms with Gasteiger partial charge in [-0.05, 0) is 19.0 Å². The summed E-state index contributed by atoms with van der Waals surface area (Å²) >= 11 is 0. The summed E-state index contributed by atoms with van der Waals surface area (Å²) in [4.78, 5) is 14.1. The summed E-state index contributed by atoms with van der Waals surface area (Å²) in [5, 5.41) is 13.8. The zero-order chi connectivity index (χ0) is 11.5. The molecule has 1 fully saturated rings. The number of rotatable bonds is 3. The van der Waals surface area contributed by atoms with E-state index < -0.39 is 15.7 Å². The van der Waals surface area contributed by atoms with Crippen LogP contribution < -0.4 is 5.32 Å². The van der Waals surface area contributed by atoms with E-state index in [-0.39, 0.29) is 28.4 Å². The van der Waals surface area contributed by atoms with Crippen LogP contribution in [-0.2, 0) is 10.8 Å². The van der Waals surface area contributed by atoms with Crippen molar-refractivity contribution in [1.29, 1.82) is 0 Å². The molecule has 17 heavy (non-hydrogen) atoms. The predicted molar refractivity (Wildman–Crippen MR) is 65.8 cm³/mol. The minimum Gasteiger partial charge on any atom is -0.315 e. The maximum Gasteiger partial charge on any atom is 0.303 e. The van der Waals surface area contributed by atoms with E-state index >= 15 is 0 Å². The molecule has 1 N–H and O–H groups in total. The van der Waals surface area contributed by atoms with Gasteiger partial charge < -0.3 is 5.32 Å². The molecule has 0 amide bonds. The minimum atomic E-state index is -1.41. The Labute approximate surface area is 107 Å². The number of aromatic nitrogens is 1. The summed E-state index contributed by atoms with van der Waals surface area (Å²) in [6, 6.07) is 2.81. The summed E-state index contributed by atoms with van der Waals surface area (Å²) in [7, 11) is -1.41. The second-order valence-electron chi connectivity index (χ2n) is 3.50. The van der Waals surface area contributed by atoms with Gasteiger partial charge in [0.2, 0.25) is 5.03 Å². The van der Waals surface area contributed by atoms with Gasteiger partial charge in [-0.1, -0.05) is 0 Å². The third-order valence-corrected chi connectivity index (χ3v) is 4.16. The summed E-state index contributed by atoms with van der Waals surface area (Å²) in [5.74, 6) is 0. The fourth-order valence-electron chi connectivity index (χ4n) is 1.65. The van der Waals surface area contributed by atoms with Crippen molar-refractivity contribution in [3.63, 3.8) is 0 Å². The third-order valence-electron chi connectivity index (χ3n) is 2.46. The van der Waals surface area contributed by atoms with E-state index in [9.17, 15) is 14.3 Å². The molecule has 0 spiro atoms. The highest BCUT2D eigenvalue weighted by Crippen LogP contribution is 2.23. The van der Waals surface area contributed by atoms with Gasteiger partial charge in [0.25, 0.3) is 0 Å². The van der Waals surface area contributed by atoms with Crippen molar-refractivity contribution in [2.75, 3.05) is 13.1 Å². The number of halogens is 1. The molecule has 0 aliphatic carbocycles. The lowest BCUT2D eigenvalue weighted by molar-refractivity contribution is -0.388. The molecule has 1 aromatic rings. The van der Waals surface area contributed by atoms with Crippen molar-refractivity contribution in [3.8, 4) is 0 Å². The Kier molecular flexibility index (Phi) is 4.98.